The SMILES string of the molecule is COc1cc2c(cc1S(=O)(=O)NCCOc1ccc(C(C)(C)C)cc1)CCCC2. The summed E-state index contributed by atoms with van der Waals surface area (Å²) in [6, 6.07) is 11.6. The highest BCUT2D eigenvalue weighted by Gasteiger charge is 2.23. The first kappa shape index (κ1) is 21.7. The molecule has 2 aromatic rings. The largest absolute Gasteiger partial charge is 0.495 e. The summed E-state index contributed by atoms with van der Waals surface area (Å²) in [7, 11) is -2.16. The first-order valence-corrected chi connectivity index (χ1v) is 11.6. The van der Waals surface area contributed by atoms with E-state index in [-0.39, 0.29) is 23.5 Å². The minimum atomic E-state index is -3.67. The van der Waals surface area contributed by atoms with Gasteiger partial charge in [0.05, 0.1) is 7.11 Å². The Morgan fingerprint density at radius 3 is 2.21 bits per heavy atom. The second-order valence-corrected chi connectivity index (χ2v) is 10.2. The molecule has 5 nitrogen and oxygen atoms in total. The maximum Gasteiger partial charge on any atom is 0.244 e. The molecule has 0 radical (unpaired) electrons. The van der Waals surface area contributed by atoms with Crippen LogP contribution in [0, 0.1) is 0 Å². The maximum absolute atomic E-state index is 12.8. The lowest BCUT2D eigenvalue weighted by Crippen LogP contribution is -2.29. The normalized spacial score (nSPS) is 14.3. The number of aryl methyl sites for hydroxylation is 2. The Morgan fingerprint density at radius 1 is 1.00 bits per heavy atom. The number of hydrogen-bond donors (Lipinski definition) is 1. The van der Waals surface area contributed by atoms with Crippen molar-refractivity contribution in [2.75, 3.05) is 20.3 Å². The predicted octanol–water partition coefficient (Wildman–Crippen LogP) is 4.23. The molecule has 0 spiro atoms. The van der Waals surface area contributed by atoms with Crippen LogP contribution in [0.4, 0.5) is 0 Å². The van der Waals surface area contributed by atoms with Gasteiger partial charge in [0, 0.05) is 6.54 Å². The predicted molar refractivity (Wildman–Crippen MR) is 115 cm³/mol. The Labute approximate surface area is 174 Å². The molecule has 0 saturated heterocycles. The second kappa shape index (κ2) is 8.76. The van der Waals surface area contributed by atoms with Crippen LogP contribution in [0.3, 0.4) is 0 Å². The van der Waals surface area contributed by atoms with Gasteiger partial charge in [-0.3, -0.25) is 0 Å². The van der Waals surface area contributed by atoms with Crippen LogP contribution in [-0.2, 0) is 28.3 Å². The molecule has 1 aliphatic rings. The first-order chi connectivity index (χ1) is 13.7. The maximum atomic E-state index is 12.8. The van der Waals surface area contributed by atoms with Crippen LogP contribution >= 0.6 is 0 Å². The number of fused-ring (bicyclic) bond motifs is 1. The van der Waals surface area contributed by atoms with Crippen molar-refractivity contribution in [3.05, 3.63) is 53.1 Å². The molecule has 1 N–H and O–H groups in total. The van der Waals surface area contributed by atoms with Crippen molar-refractivity contribution in [3.8, 4) is 11.5 Å². The highest BCUT2D eigenvalue weighted by Crippen LogP contribution is 2.31. The minimum absolute atomic E-state index is 0.0854. The molecular weight excluding hydrogens is 386 g/mol. The summed E-state index contributed by atoms with van der Waals surface area (Å²) in [5, 5.41) is 0. The van der Waals surface area contributed by atoms with E-state index in [1.807, 2.05) is 30.3 Å². The van der Waals surface area contributed by atoms with E-state index in [1.165, 1.54) is 18.2 Å². The number of benzene rings is 2. The zero-order valence-corrected chi connectivity index (χ0v) is 18.6. The lowest BCUT2D eigenvalue weighted by atomic mass is 9.87. The minimum Gasteiger partial charge on any atom is -0.495 e. The van der Waals surface area contributed by atoms with Crippen molar-refractivity contribution in [3.63, 3.8) is 0 Å². The summed E-state index contributed by atoms with van der Waals surface area (Å²) in [4.78, 5) is 0.204. The number of nitrogens with one attached hydrogen (secondary N) is 1. The molecule has 0 saturated carbocycles. The third-order valence-electron chi connectivity index (χ3n) is 5.30. The van der Waals surface area contributed by atoms with Gasteiger partial charge in [-0.2, -0.15) is 0 Å². The summed E-state index contributed by atoms with van der Waals surface area (Å²) in [5.74, 6) is 1.13. The number of hydrogen-bond acceptors (Lipinski definition) is 4. The standard InChI is InChI=1S/C23H31NO4S/c1-23(2,3)19-9-11-20(12-10-19)28-14-13-24-29(25,26)22-16-18-8-6-5-7-17(18)15-21(22)27-4/h9-12,15-16,24H,5-8,13-14H2,1-4H3. The van der Waals surface area contributed by atoms with Gasteiger partial charge in [-0.15, -0.1) is 0 Å². The van der Waals surface area contributed by atoms with Crippen LogP contribution in [0.1, 0.15) is 50.3 Å². The van der Waals surface area contributed by atoms with E-state index < -0.39 is 10.0 Å². The van der Waals surface area contributed by atoms with Gasteiger partial charge in [-0.05, 0) is 72.1 Å². The van der Waals surface area contributed by atoms with Gasteiger partial charge in [0.2, 0.25) is 10.0 Å². The van der Waals surface area contributed by atoms with E-state index in [9.17, 15) is 8.42 Å². The van der Waals surface area contributed by atoms with Crippen LogP contribution in [0.2, 0.25) is 0 Å². The molecule has 6 heteroatoms. The Hall–Kier alpha value is -2.05. The Balaban J connectivity index is 1.62. The quantitative estimate of drug-likeness (QED) is 0.685. The highest BCUT2D eigenvalue weighted by atomic mass is 32.2. The summed E-state index contributed by atoms with van der Waals surface area (Å²) < 4.78 is 39.3. The van der Waals surface area contributed by atoms with Crippen molar-refractivity contribution in [1.29, 1.82) is 0 Å². The summed E-state index contributed by atoms with van der Waals surface area (Å²) in [6.45, 7) is 6.91. The van der Waals surface area contributed by atoms with Crippen LogP contribution in [0.25, 0.3) is 0 Å². The lowest BCUT2D eigenvalue weighted by molar-refractivity contribution is 0.322. The van der Waals surface area contributed by atoms with Crippen molar-refractivity contribution >= 4 is 10.0 Å². The van der Waals surface area contributed by atoms with E-state index >= 15 is 0 Å². The molecule has 0 heterocycles. The molecule has 0 aromatic heterocycles. The lowest BCUT2D eigenvalue weighted by Gasteiger charge is -2.20. The smallest absolute Gasteiger partial charge is 0.244 e. The Kier molecular flexibility index (Phi) is 6.54. The third kappa shape index (κ3) is 5.31. The molecule has 158 valence electrons. The topological polar surface area (TPSA) is 64.6 Å². The molecule has 29 heavy (non-hydrogen) atoms. The van der Waals surface area contributed by atoms with E-state index in [1.54, 1.807) is 6.07 Å². The van der Waals surface area contributed by atoms with E-state index in [0.717, 1.165) is 37.0 Å². The van der Waals surface area contributed by atoms with Crippen LogP contribution in [0.5, 0.6) is 11.5 Å². The zero-order valence-electron chi connectivity index (χ0n) is 17.7. The molecule has 1 aliphatic carbocycles. The van der Waals surface area contributed by atoms with Gasteiger partial charge < -0.3 is 9.47 Å². The highest BCUT2D eigenvalue weighted by molar-refractivity contribution is 7.89. The fourth-order valence-electron chi connectivity index (χ4n) is 3.58. The van der Waals surface area contributed by atoms with Crippen molar-refractivity contribution < 1.29 is 17.9 Å². The number of sulfonamides is 1. The first-order valence-electron chi connectivity index (χ1n) is 10.1. The zero-order chi connectivity index (χ0) is 21.1. The molecule has 0 fully saturated rings. The van der Waals surface area contributed by atoms with Gasteiger partial charge in [-0.25, -0.2) is 13.1 Å². The summed E-state index contributed by atoms with van der Waals surface area (Å²) in [5.41, 5.74) is 3.61. The van der Waals surface area contributed by atoms with E-state index in [0.29, 0.717) is 5.75 Å². The van der Waals surface area contributed by atoms with Crippen LogP contribution in [0.15, 0.2) is 41.3 Å². The van der Waals surface area contributed by atoms with Gasteiger partial charge in [-0.1, -0.05) is 32.9 Å². The van der Waals surface area contributed by atoms with Crippen molar-refractivity contribution in [2.45, 2.75) is 56.8 Å². The molecule has 0 atom stereocenters. The molecule has 0 unspecified atom stereocenters. The van der Waals surface area contributed by atoms with E-state index in [4.69, 9.17) is 9.47 Å². The third-order valence-corrected chi connectivity index (χ3v) is 6.78. The Morgan fingerprint density at radius 2 is 1.62 bits per heavy atom. The van der Waals surface area contributed by atoms with Crippen molar-refractivity contribution in [2.24, 2.45) is 0 Å². The fourth-order valence-corrected chi connectivity index (χ4v) is 4.80. The average Bonchev–Trinajstić information content (AvgIpc) is 2.70. The molecule has 0 aliphatic heterocycles. The monoisotopic (exact) mass is 417 g/mol. The second-order valence-electron chi connectivity index (χ2n) is 8.50. The fraction of sp³-hybridized carbons (Fsp3) is 0.478. The van der Waals surface area contributed by atoms with Gasteiger partial charge >= 0.3 is 0 Å². The van der Waals surface area contributed by atoms with Gasteiger partial charge in [0.1, 0.15) is 23.0 Å². The van der Waals surface area contributed by atoms with Crippen LogP contribution < -0.4 is 14.2 Å². The summed E-state index contributed by atoms with van der Waals surface area (Å²) in [6.07, 6.45) is 4.11. The number of ether oxygens (including phenoxy) is 2. The molecule has 0 bridgehead atoms. The Bertz CT molecular complexity index is 944. The van der Waals surface area contributed by atoms with Crippen LogP contribution in [-0.4, -0.2) is 28.7 Å². The number of methoxy groups -OCH3 is 1. The average molecular weight is 418 g/mol. The summed E-state index contributed by atoms with van der Waals surface area (Å²) >= 11 is 0. The molecular formula is C23H31NO4S. The van der Waals surface area contributed by atoms with Gasteiger partial charge in [0.15, 0.2) is 0 Å². The molecule has 0 amide bonds. The van der Waals surface area contributed by atoms with Crippen molar-refractivity contribution in [1.82, 2.24) is 4.72 Å². The molecule has 2 aromatic carbocycles. The number of rotatable bonds is 7. The van der Waals surface area contributed by atoms with Gasteiger partial charge in [0.25, 0.3) is 0 Å². The van der Waals surface area contributed by atoms with E-state index in [2.05, 4.69) is 25.5 Å². The molecule has 3 rings (SSSR count).